The molecule has 4 heteroatoms. The Morgan fingerprint density at radius 1 is 1.26 bits per heavy atom. The molecule has 2 fully saturated rings. The third kappa shape index (κ3) is 4.35. The van der Waals surface area contributed by atoms with E-state index in [2.05, 4.69) is 19.2 Å². The van der Waals surface area contributed by atoms with Crippen LogP contribution in [0.1, 0.15) is 58.8 Å². The summed E-state index contributed by atoms with van der Waals surface area (Å²) in [5.74, 6) is 0.895. The number of amides is 1. The van der Waals surface area contributed by atoms with Gasteiger partial charge in [-0.25, -0.2) is 0 Å². The molecule has 0 saturated heterocycles. The molecule has 0 radical (unpaired) electrons. The molecular weight excluding hydrogens is 260 g/mol. The van der Waals surface area contributed by atoms with E-state index in [0.29, 0.717) is 24.3 Å². The molecule has 1 amide bonds. The lowest BCUT2D eigenvalue weighted by Gasteiger charge is -2.35. The van der Waals surface area contributed by atoms with Gasteiger partial charge in [-0.3, -0.25) is 4.79 Å². The lowest BCUT2D eigenvalue weighted by molar-refractivity contribution is -0.123. The van der Waals surface area contributed by atoms with E-state index >= 15 is 0 Å². The predicted octanol–water partition coefficient (Wildman–Crippen LogP) is 2.87. The number of nitrogens with two attached hydrogens (primary N) is 1. The van der Waals surface area contributed by atoms with Crippen LogP contribution < -0.4 is 11.1 Å². The Balaban J connectivity index is 0.00000180. The van der Waals surface area contributed by atoms with Crippen LogP contribution in [0.2, 0.25) is 0 Å². The topological polar surface area (TPSA) is 55.1 Å². The van der Waals surface area contributed by atoms with Gasteiger partial charge in [-0.05, 0) is 42.6 Å². The first kappa shape index (κ1) is 16.8. The summed E-state index contributed by atoms with van der Waals surface area (Å²) < 4.78 is 0. The Labute approximate surface area is 123 Å². The second-order valence-corrected chi connectivity index (χ2v) is 7.14. The van der Waals surface area contributed by atoms with Crippen LogP contribution in [0.25, 0.3) is 0 Å². The smallest absolute Gasteiger partial charge is 0.220 e. The molecule has 0 aliphatic heterocycles. The number of hydrogen-bond acceptors (Lipinski definition) is 2. The highest BCUT2D eigenvalue weighted by atomic mass is 35.5. The number of nitrogens with one attached hydrogen (secondary N) is 1. The molecule has 2 aliphatic rings. The molecule has 0 heterocycles. The lowest BCUT2D eigenvalue weighted by Crippen LogP contribution is -2.39. The molecule has 0 spiro atoms. The van der Waals surface area contributed by atoms with Crippen molar-refractivity contribution in [3.8, 4) is 0 Å². The van der Waals surface area contributed by atoms with Crippen LogP contribution in [0, 0.1) is 16.7 Å². The van der Waals surface area contributed by atoms with Gasteiger partial charge in [-0.1, -0.05) is 33.1 Å². The van der Waals surface area contributed by atoms with Crippen molar-refractivity contribution in [3.05, 3.63) is 0 Å². The van der Waals surface area contributed by atoms with Gasteiger partial charge in [0.15, 0.2) is 0 Å². The maximum Gasteiger partial charge on any atom is 0.220 e. The summed E-state index contributed by atoms with van der Waals surface area (Å²) in [7, 11) is 0. The Bertz CT molecular complexity index is 311. The monoisotopic (exact) mass is 288 g/mol. The molecule has 19 heavy (non-hydrogen) atoms. The first-order valence-electron chi connectivity index (χ1n) is 7.44. The number of carbonyl (C=O) groups excluding carboxylic acids is 1. The summed E-state index contributed by atoms with van der Waals surface area (Å²) in [6.45, 7) is 6.06. The number of rotatable bonds is 5. The van der Waals surface area contributed by atoms with Crippen molar-refractivity contribution in [1.82, 2.24) is 5.32 Å². The fourth-order valence-electron chi connectivity index (χ4n) is 3.32. The average molecular weight is 289 g/mol. The van der Waals surface area contributed by atoms with Crippen LogP contribution in [0.5, 0.6) is 0 Å². The Morgan fingerprint density at radius 2 is 1.84 bits per heavy atom. The van der Waals surface area contributed by atoms with Crippen LogP contribution in [-0.4, -0.2) is 19.0 Å². The highest BCUT2D eigenvalue weighted by Crippen LogP contribution is 2.51. The van der Waals surface area contributed by atoms with Gasteiger partial charge < -0.3 is 11.1 Å². The first-order chi connectivity index (χ1) is 8.47. The van der Waals surface area contributed by atoms with Crippen molar-refractivity contribution in [2.45, 2.75) is 58.8 Å². The fraction of sp³-hybridized carbons (Fsp3) is 0.933. The Hall–Kier alpha value is -0.280. The number of hydrogen-bond donors (Lipinski definition) is 2. The molecule has 3 N–H and O–H groups in total. The zero-order valence-electron chi connectivity index (χ0n) is 12.3. The molecule has 0 bridgehead atoms. The van der Waals surface area contributed by atoms with E-state index in [0.717, 1.165) is 19.4 Å². The van der Waals surface area contributed by atoms with Crippen molar-refractivity contribution < 1.29 is 4.79 Å². The van der Waals surface area contributed by atoms with Crippen molar-refractivity contribution >= 4 is 18.3 Å². The standard InChI is InChI=1S/C15H28N2O.ClH/c1-14(2)8-12(14)10-17-13(18)9-15(11-16)6-4-3-5-7-15;/h12H,3-11,16H2,1-2H3,(H,17,18);1H. The Morgan fingerprint density at radius 3 is 2.32 bits per heavy atom. The van der Waals surface area contributed by atoms with Crippen molar-refractivity contribution in [1.29, 1.82) is 0 Å². The Kier molecular flexibility index (Phi) is 5.69. The maximum atomic E-state index is 12.1. The highest BCUT2D eigenvalue weighted by molar-refractivity contribution is 5.85. The lowest BCUT2D eigenvalue weighted by atomic mass is 9.71. The SMILES string of the molecule is CC1(C)CC1CNC(=O)CC1(CN)CCCCC1.Cl. The summed E-state index contributed by atoms with van der Waals surface area (Å²) in [4.78, 5) is 12.1. The normalized spacial score (nSPS) is 27.2. The third-order valence-electron chi connectivity index (χ3n) is 5.15. The predicted molar refractivity (Wildman–Crippen MR) is 81.3 cm³/mol. The van der Waals surface area contributed by atoms with Crippen LogP contribution in [0.3, 0.4) is 0 Å². The molecular formula is C15H29ClN2O. The molecule has 2 saturated carbocycles. The molecule has 3 nitrogen and oxygen atoms in total. The molecule has 2 aliphatic carbocycles. The van der Waals surface area contributed by atoms with Gasteiger partial charge in [0.05, 0.1) is 0 Å². The van der Waals surface area contributed by atoms with Crippen LogP contribution >= 0.6 is 12.4 Å². The number of halogens is 1. The molecule has 2 rings (SSSR count). The fourth-order valence-corrected chi connectivity index (χ4v) is 3.32. The van der Waals surface area contributed by atoms with Gasteiger partial charge >= 0.3 is 0 Å². The van der Waals surface area contributed by atoms with Crippen molar-refractivity contribution in [3.63, 3.8) is 0 Å². The van der Waals surface area contributed by atoms with Gasteiger partial charge in [0.1, 0.15) is 0 Å². The van der Waals surface area contributed by atoms with Crippen LogP contribution in [-0.2, 0) is 4.79 Å². The molecule has 1 unspecified atom stereocenters. The van der Waals surface area contributed by atoms with Gasteiger partial charge in [-0.2, -0.15) is 0 Å². The van der Waals surface area contributed by atoms with Crippen molar-refractivity contribution in [2.24, 2.45) is 22.5 Å². The zero-order chi connectivity index (χ0) is 13.2. The van der Waals surface area contributed by atoms with E-state index in [1.54, 1.807) is 0 Å². The second-order valence-electron chi connectivity index (χ2n) is 7.14. The molecule has 1 atom stereocenters. The molecule has 0 aromatic heterocycles. The number of carbonyl (C=O) groups is 1. The summed E-state index contributed by atoms with van der Waals surface area (Å²) in [6, 6.07) is 0. The minimum Gasteiger partial charge on any atom is -0.356 e. The van der Waals surface area contributed by atoms with Gasteiger partial charge in [0.25, 0.3) is 0 Å². The van der Waals surface area contributed by atoms with Gasteiger partial charge in [0, 0.05) is 13.0 Å². The second kappa shape index (κ2) is 6.45. The summed E-state index contributed by atoms with van der Waals surface area (Å²) in [5.41, 5.74) is 6.46. The highest BCUT2D eigenvalue weighted by Gasteiger charge is 2.45. The van der Waals surface area contributed by atoms with Crippen LogP contribution in [0.4, 0.5) is 0 Å². The van der Waals surface area contributed by atoms with E-state index in [1.807, 2.05) is 0 Å². The minimum absolute atomic E-state index is 0. The summed E-state index contributed by atoms with van der Waals surface area (Å²) in [5, 5.41) is 3.11. The third-order valence-corrected chi connectivity index (χ3v) is 5.15. The van der Waals surface area contributed by atoms with Crippen LogP contribution in [0.15, 0.2) is 0 Å². The molecule has 0 aromatic rings. The first-order valence-corrected chi connectivity index (χ1v) is 7.44. The van der Waals surface area contributed by atoms with E-state index in [-0.39, 0.29) is 23.7 Å². The zero-order valence-corrected chi connectivity index (χ0v) is 13.2. The van der Waals surface area contributed by atoms with Gasteiger partial charge in [0.2, 0.25) is 5.91 Å². The van der Waals surface area contributed by atoms with E-state index in [4.69, 9.17) is 5.73 Å². The minimum atomic E-state index is 0. The quantitative estimate of drug-likeness (QED) is 0.817. The molecule has 112 valence electrons. The van der Waals surface area contributed by atoms with E-state index in [1.165, 1.54) is 25.7 Å². The van der Waals surface area contributed by atoms with E-state index < -0.39 is 0 Å². The molecule has 0 aromatic carbocycles. The maximum absolute atomic E-state index is 12.1. The van der Waals surface area contributed by atoms with Crippen molar-refractivity contribution in [2.75, 3.05) is 13.1 Å². The van der Waals surface area contributed by atoms with Gasteiger partial charge in [-0.15, -0.1) is 12.4 Å². The summed E-state index contributed by atoms with van der Waals surface area (Å²) in [6.07, 6.45) is 7.92. The average Bonchev–Trinajstić information content (AvgIpc) is 2.96. The summed E-state index contributed by atoms with van der Waals surface area (Å²) >= 11 is 0. The van der Waals surface area contributed by atoms with E-state index in [9.17, 15) is 4.79 Å². The largest absolute Gasteiger partial charge is 0.356 e.